The fraction of sp³-hybridized carbons (Fsp3) is 0.760. The summed E-state index contributed by atoms with van der Waals surface area (Å²) in [6.45, 7) is 2.34. The minimum absolute atomic E-state index is 0.0137. The maximum Gasteiger partial charge on any atom is 0.126 e. The van der Waals surface area contributed by atoms with Crippen LogP contribution in [0.4, 0.5) is 4.39 Å². The number of hydrogen-bond donors (Lipinski definition) is 1. The van der Waals surface area contributed by atoms with Crippen LogP contribution in [0.2, 0.25) is 0 Å². The molecule has 0 aliphatic heterocycles. The van der Waals surface area contributed by atoms with Gasteiger partial charge in [0.25, 0.3) is 0 Å². The molecular formula is C25H39FO. The molecule has 27 heavy (non-hydrogen) atoms. The van der Waals surface area contributed by atoms with Gasteiger partial charge in [-0.25, -0.2) is 4.39 Å². The van der Waals surface area contributed by atoms with Crippen molar-refractivity contribution in [2.24, 2.45) is 23.7 Å². The molecule has 2 aliphatic carbocycles. The van der Waals surface area contributed by atoms with Gasteiger partial charge in [0.05, 0.1) is 0 Å². The van der Waals surface area contributed by atoms with E-state index in [1.807, 2.05) is 6.07 Å². The van der Waals surface area contributed by atoms with E-state index in [-0.39, 0.29) is 12.4 Å². The first-order chi connectivity index (χ1) is 13.2. The lowest BCUT2D eigenvalue weighted by atomic mass is 9.68. The van der Waals surface area contributed by atoms with Gasteiger partial charge < -0.3 is 5.11 Å². The predicted octanol–water partition coefficient (Wildman–Crippen LogP) is 6.71. The summed E-state index contributed by atoms with van der Waals surface area (Å²) in [5.74, 6) is 3.69. The third kappa shape index (κ3) is 6.04. The summed E-state index contributed by atoms with van der Waals surface area (Å²) in [7, 11) is 0. The van der Waals surface area contributed by atoms with Gasteiger partial charge >= 0.3 is 0 Å². The Bertz CT molecular complexity index is 553. The maximum absolute atomic E-state index is 14.0. The minimum atomic E-state index is -0.149. The number of benzene rings is 1. The van der Waals surface area contributed by atoms with Crippen LogP contribution >= 0.6 is 0 Å². The van der Waals surface area contributed by atoms with E-state index < -0.39 is 0 Å². The van der Waals surface area contributed by atoms with Gasteiger partial charge in [-0.3, -0.25) is 0 Å². The van der Waals surface area contributed by atoms with Gasteiger partial charge in [-0.1, -0.05) is 57.6 Å². The third-order valence-corrected chi connectivity index (χ3v) is 7.49. The fourth-order valence-corrected chi connectivity index (χ4v) is 5.75. The molecule has 1 aromatic carbocycles. The Balaban J connectivity index is 1.38. The van der Waals surface area contributed by atoms with E-state index in [9.17, 15) is 4.39 Å². The predicted molar refractivity (Wildman–Crippen MR) is 111 cm³/mol. The van der Waals surface area contributed by atoms with Crippen LogP contribution in [-0.4, -0.2) is 11.7 Å². The number of aliphatic hydroxyl groups is 1. The smallest absolute Gasteiger partial charge is 0.126 e. The van der Waals surface area contributed by atoms with Crippen LogP contribution in [0.15, 0.2) is 18.2 Å². The Labute approximate surface area is 165 Å². The molecule has 2 saturated carbocycles. The van der Waals surface area contributed by atoms with Crippen molar-refractivity contribution in [3.05, 3.63) is 35.1 Å². The second kappa shape index (κ2) is 10.6. The summed E-state index contributed by atoms with van der Waals surface area (Å²) >= 11 is 0. The first-order valence-corrected chi connectivity index (χ1v) is 11.6. The van der Waals surface area contributed by atoms with Crippen molar-refractivity contribution < 1.29 is 9.50 Å². The van der Waals surface area contributed by atoms with Crippen LogP contribution in [0.25, 0.3) is 0 Å². The molecule has 0 aromatic heterocycles. The largest absolute Gasteiger partial charge is 0.396 e. The molecule has 2 fully saturated rings. The van der Waals surface area contributed by atoms with Gasteiger partial charge in [0.1, 0.15) is 5.82 Å². The highest BCUT2D eigenvalue weighted by molar-refractivity contribution is 5.24. The van der Waals surface area contributed by atoms with Crippen molar-refractivity contribution in [1.29, 1.82) is 0 Å². The van der Waals surface area contributed by atoms with Gasteiger partial charge in [-0.05, 0) is 85.8 Å². The molecule has 0 radical (unpaired) electrons. The van der Waals surface area contributed by atoms with Gasteiger partial charge in [0, 0.05) is 6.61 Å². The highest BCUT2D eigenvalue weighted by Gasteiger charge is 2.30. The number of aryl methyl sites for hydroxylation is 1. The normalized spacial score (nSPS) is 29.0. The molecule has 0 unspecified atom stereocenters. The molecule has 0 heterocycles. The molecule has 1 nitrogen and oxygen atoms in total. The van der Waals surface area contributed by atoms with Crippen LogP contribution in [-0.2, 0) is 12.8 Å². The third-order valence-electron chi connectivity index (χ3n) is 7.49. The lowest BCUT2D eigenvalue weighted by molar-refractivity contribution is 0.141. The average molecular weight is 375 g/mol. The molecular weight excluding hydrogens is 335 g/mol. The Morgan fingerprint density at radius 1 is 0.852 bits per heavy atom. The van der Waals surface area contributed by atoms with E-state index in [4.69, 9.17) is 5.11 Å². The van der Waals surface area contributed by atoms with Gasteiger partial charge in [0.2, 0.25) is 0 Å². The van der Waals surface area contributed by atoms with E-state index in [0.29, 0.717) is 12.0 Å². The monoisotopic (exact) mass is 374 g/mol. The van der Waals surface area contributed by atoms with Crippen molar-refractivity contribution in [2.45, 2.75) is 90.4 Å². The van der Waals surface area contributed by atoms with E-state index in [0.717, 1.165) is 35.7 Å². The summed E-state index contributed by atoms with van der Waals surface area (Å²) in [5.41, 5.74) is 1.75. The van der Waals surface area contributed by atoms with Crippen LogP contribution in [0, 0.1) is 29.5 Å². The first kappa shape index (κ1) is 20.8. The van der Waals surface area contributed by atoms with E-state index in [2.05, 4.69) is 13.0 Å². The second-order valence-electron chi connectivity index (χ2n) is 9.29. The summed E-state index contributed by atoms with van der Waals surface area (Å²) < 4.78 is 14.0. The van der Waals surface area contributed by atoms with Crippen molar-refractivity contribution >= 4 is 0 Å². The van der Waals surface area contributed by atoms with Crippen LogP contribution in [0.5, 0.6) is 0 Å². The summed E-state index contributed by atoms with van der Waals surface area (Å²) in [4.78, 5) is 0. The Morgan fingerprint density at radius 2 is 1.44 bits per heavy atom. The van der Waals surface area contributed by atoms with Crippen LogP contribution in [0.1, 0.15) is 88.7 Å². The summed E-state index contributed by atoms with van der Waals surface area (Å²) in [6, 6.07) is 5.59. The summed E-state index contributed by atoms with van der Waals surface area (Å²) in [6.07, 6.45) is 17.0. The van der Waals surface area contributed by atoms with Crippen molar-refractivity contribution in [3.63, 3.8) is 0 Å². The van der Waals surface area contributed by atoms with Crippen LogP contribution < -0.4 is 0 Å². The molecule has 2 aliphatic rings. The first-order valence-electron chi connectivity index (χ1n) is 11.6. The van der Waals surface area contributed by atoms with E-state index >= 15 is 0 Å². The van der Waals surface area contributed by atoms with E-state index in [1.54, 1.807) is 6.07 Å². The topological polar surface area (TPSA) is 20.2 Å². The molecule has 0 amide bonds. The molecule has 152 valence electrons. The molecule has 0 saturated heterocycles. The number of halogens is 1. The van der Waals surface area contributed by atoms with Crippen molar-refractivity contribution in [3.8, 4) is 0 Å². The van der Waals surface area contributed by atoms with E-state index in [1.165, 1.54) is 70.6 Å². The highest BCUT2D eigenvalue weighted by atomic mass is 19.1. The zero-order chi connectivity index (χ0) is 19.1. The lowest BCUT2D eigenvalue weighted by Crippen LogP contribution is -2.26. The number of aliphatic hydroxyl groups excluding tert-OH is 1. The zero-order valence-corrected chi connectivity index (χ0v) is 17.3. The standard InChI is InChI=1S/C25H39FO/c1-2-3-19-6-11-22(12-7-19)23-13-8-20(9-14-23)4-5-21-10-15-24(16-17-27)25(26)18-21/h10,15,18-20,22-23,27H,2-9,11-14,16-17H2,1H3. The Morgan fingerprint density at radius 3 is 1.96 bits per heavy atom. The molecule has 0 bridgehead atoms. The number of hydrogen-bond acceptors (Lipinski definition) is 1. The van der Waals surface area contributed by atoms with Crippen molar-refractivity contribution in [1.82, 2.24) is 0 Å². The Hall–Kier alpha value is -0.890. The van der Waals surface area contributed by atoms with Gasteiger partial charge in [-0.15, -0.1) is 0 Å². The van der Waals surface area contributed by atoms with Gasteiger partial charge in [-0.2, -0.15) is 0 Å². The highest BCUT2D eigenvalue weighted by Crippen LogP contribution is 2.42. The minimum Gasteiger partial charge on any atom is -0.396 e. The maximum atomic E-state index is 14.0. The molecule has 1 N–H and O–H groups in total. The second-order valence-corrected chi connectivity index (χ2v) is 9.29. The zero-order valence-electron chi connectivity index (χ0n) is 17.3. The molecule has 3 rings (SSSR count). The Kier molecular flexibility index (Phi) is 8.18. The molecule has 0 atom stereocenters. The fourth-order valence-electron chi connectivity index (χ4n) is 5.75. The van der Waals surface area contributed by atoms with Gasteiger partial charge in [0.15, 0.2) is 0 Å². The molecule has 2 heteroatoms. The van der Waals surface area contributed by atoms with Crippen LogP contribution in [0.3, 0.4) is 0 Å². The molecule has 0 spiro atoms. The quantitative estimate of drug-likeness (QED) is 0.536. The van der Waals surface area contributed by atoms with Crippen molar-refractivity contribution in [2.75, 3.05) is 6.61 Å². The average Bonchev–Trinajstić information content (AvgIpc) is 2.70. The molecule has 1 aromatic rings. The SMILES string of the molecule is CCCC1CCC(C2CCC(CCc3ccc(CCO)c(F)c3)CC2)CC1. The summed E-state index contributed by atoms with van der Waals surface area (Å²) in [5, 5.41) is 8.97. The lowest BCUT2D eigenvalue weighted by Gasteiger charge is -2.38. The number of rotatable bonds is 8.